The van der Waals surface area contributed by atoms with Gasteiger partial charge >= 0.3 is 0 Å². The maximum Gasteiger partial charge on any atom is 0.259 e. The van der Waals surface area contributed by atoms with Gasteiger partial charge in [0.2, 0.25) is 0 Å². The summed E-state index contributed by atoms with van der Waals surface area (Å²) in [6.07, 6.45) is 7.50. The average Bonchev–Trinajstić information content (AvgIpc) is 3.54. The number of pyridine rings is 1. The third-order valence-corrected chi connectivity index (χ3v) is 5.48. The number of ether oxygens (including phenoxy) is 2. The van der Waals surface area contributed by atoms with Crippen LogP contribution in [0.3, 0.4) is 0 Å². The molecular weight excluding hydrogens is 442 g/mol. The van der Waals surface area contributed by atoms with E-state index in [9.17, 15) is 4.79 Å². The third kappa shape index (κ3) is 5.33. The van der Waals surface area contributed by atoms with E-state index in [1.165, 1.54) is 0 Å². The minimum Gasteiger partial charge on any atom is -0.492 e. The molecule has 1 N–H and O–H groups in total. The lowest BCUT2D eigenvalue weighted by molar-refractivity contribution is 0.102. The summed E-state index contributed by atoms with van der Waals surface area (Å²) in [5.41, 5.74) is 3.85. The summed E-state index contributed by atoms with van der Waals surface area (Å²) in [7, 11) is 0. The van der Waals surface area contributed by atoms with Gasteiger partial charge in [-0.25, -0.2) is 4.98 Å². The Bertz CT molecular complexity index is 1440. The SMILES string of the molecule is Cc1cccn2cc(COc3ccccc3C(=O)Nc3cccc(OCCn4cccn4)c3)nc12. The number of carbonyl (C=O) groups is 1. The Balaban J connectivity index is 1.23. The van der Waals surface area contributed by atoms with Crippen molar-refractivity contribution in [2.24, 2.45) is 0 Å². The summed E-state index contributed by atoms with van der Waals surface area (Å²) in [4.78, 5) is 17.7. The molecule has 1 amide bonds. The molecule has 0 bridgehead atoms. The Hall–Kier alpha value is -4.59. The summed E-state index contributed by atoms with van der Waals surface area (Å²) in [5, 5.41) is 7.09. The van der Waals surface area contributed by atoms with Crippen molar-refractivity contribution >= 4 is 17.2 Å². The molecule has 0 aliphatic carbocycles. The second-order valence-corrected chi connectivity index (χ2v) is 8.04. The van der Waals surface area contributed by atoms with Crippen molar-refractivity contribution in [1.29, 1.82) is 0 Å². The highest BCUT2D eigenvalue weighted by Crippen LogP contribution is 2.23. The number of hydrogen-bond acceptors (Lipinski definition) is 5. The fourth-order valence-electron chi connectivity index (χ4n) is 3.76. The van der Waals surface area contributed by atoms with Gasteiger partial charge in [-0.2, -0.15) is 5.10 Å². The van der Waals surface area contributed by atoms with Crippen LogP contribution in [0.2, 0.25) is 0 Å². The molecule has 5 aromatic rings. The highest BCUT2D eigenvalue weighted by Gasteiger charge is 2.14. The number of benzene rings is 2. The van der Waals surface area contributed by atoms with Gasteiger partial charge in [-0.3, -0.25) is 9.48 Å². The van der Waals surface area contributed by atoms with Crippen LogP contribution in [0.1, 0.15) is 21.6 Å². The number of nitrogens with one attached hydrogen (secondary N) is 1. The first-order chi connectivity index (χ1) is 17.2. The van der Waals surface area contributed by atoms with Crippen LogP contribution in [0.4, 0.5) is 5.69 Å². The van der Waals surface area contributed by atoms with Crippen LogP contribution in [-0.2, 0) is 13.2 Å². The molecule has 8 heteroatoms. The predicted octanol–water partition coefficient (Wildman–Crippen LogP) is 4.75. The van der Waals surface area contributed by atoms with Crippen LogP contribution in [0.25, 0.3) is 5.65 Å². The molecule has 176 valence electrons. The molecule has 0 fully saturated rings. The molecule has 0 aliphatic heterocycles. The predicted molar refractivity (Wildman–Crippen MR) is 133 cm³/mol. The zero-order valence-electron chi connectivity index (χ0n) is 19.3. The molecule has 0 radical (unpaired) electrons. The smallest absolute Gasteiger partial charge is 0.259 e. The van der Waals surface area contributed by atoms with Crippen LogP contribution in [0.15, 0.2) is 91.5 Å². The van der Waals surface area contributed by atoms with Crippen molar-refractivity contribution in [3.8, 4) is 11.5 Å². The monoisotopic (exact) mass is 467 g/mol. The Morgan fingerprint density at radius 1 is 1.00 bits per heavy atom. The Kier molecular flexibility index (Phi) is 6.43. The molecule has 0 unspecified atom stereocenters. The molecular formula is C27H25N5O3. The van der Waals surface area contributed by atoms with Gasteiger partial charge < -0.3 is 19.2 Å². The number of anilines is 1. The van der Waals surface area contributed by atoms with Gasteiger partial charge in [-0.05, 0) is 48.9 Å². The minimum absolute atomic E-state index is 0.255. The topological polar surface area (TPSA) is 82.7 Å². The number of para-hydroxylation sites is 1. The number of aryl methyl sites for hydroxylation is 1. The van der Waals surface area contributed by atoms with E-state index in [4.69, 9.17) is 9.47 Å². The first-order valence-electron chi connectivity index (χ1n) is 11.3. The zero-order chi connectivity index (χ0) is 24.0. The van der Waals surface area contributed by atoms with Crippen LogP contribution in [0.5, 0.6) is 11.5 Å². The minimum atomic E-state index is -0.264. The Morgan fingerprint density at radius 2 is 1.91 bits per heavy atom. The summed E-state index contributed by atoms with van der Waals surface area (Å²) in [6, 6.07) is 20.4. The standard InChI is InChI=1S/C27H25N5O3/c1-20-7-5-13-31-18-22(29-26(20)31)19-35-25-11-3-2-10-24(25)27(33)30-21-8-4-9-23(17-21)34-16-15-32-14-6-12-28-32/h2-14,17-18H,15-16,19H2,1H3,(H,30,33). The second kappa shape index (κ2) is 10.1. The van der Waals surface area contributed by atoms with Gasteiger partial charge in [-0.15, -0.1) is 0 Å². The number of nitrogens with zero attached hydrogens (tertiary/aromatic N) is 4. The van der Waals surface area contributed by atoms with Crippen LogP contribution in [0, 0.1) is 6.92 Å². The summed E-state index contributed by atoms with van der Waals surface area (Å²) in [5.74, 6) is 0.896. The lowest BCUT2D eigenvalue weighted by Gasteiger charge is -2.12. The Morgan fingerprint density at radius 3 is 2.77 bits per heavy atom. The van der Waals surface area contributed by atoms with Gasteiger partial charge in [0.15, 0.2) is 0 Å². The molecule has 0 saturated carbocycles. The van der Waals surface area contributed by atoms with E-state index in [2.05, 4.69) is 15.4 Å². The molecule has 35 heavy (non-hydrogen) atoms. The zero-order valence-corrected chi connectivity index (χ0v) is 19.3. The molecule has 3 heterocycles. The van der Waals surface area contributed by atoms with Gasteiger partial charge in [0.25, 0.3) is 5.91 Å². The number of amides is 1. The van der Waals surface area contributed by atoms with Crippen LogP contribution >= 0.6 is 0 Å². The van der Waals surface area contributed by atoms with Crippen molar-refractivity contribution in [3.05, 3.63) is 108 Å². The van der Waals surface area contributed by atoms with Crippen molar-refractivity contribution in [1.82, 2.24) is 19.2 Å². The van der Waals surface area contributed by atoms with Gasteiger partial charge in [0, 0.05) is 36.5 Å². The Labute approximate surface area is 202 Å². The largest absolute Gasteiger partial charge is 0.492 e. The number of carbonyl (C=O) groups excluding carboxylic acids is 1. The lowest BCUT2D eigenvalue weighted by Crippen LogP contribution is -2.14. The van der Waals surface area contributed by atoms with E-state index in [0.29, 0.717) is 35.9 Å². The molecule has 0 atom stereocenters. The van der Waals surface area contributed by atoms with Crippen molar-refractivity contribution in [2.45, 2.75) is 20.1 Å². The van der Waals surface area contributed by atoms with E-state index in [-0.39, 0.29) is 12.5 Å². The van der Waals surface area contributed by atoms with E-state index < -0.39 is 0 Å². The third-order valence-electron chi connectivity index (χ3n) is 5.48. The van der Waals surface area contributed by atoms with Gasteiger partial charge in [0.1, 0.15) is 30.4 Å². The normalized spacial score (nSPS) is 10.9. The first-order valence-corrected chi connectivity index (χ1v) is 11.3. The number of aromatic nitrogens is 4. The number of fused-ring (bicyclic) bond motifs is 1. The quantitative estimate of drug-likeness (QED) is 0.338. The van der Waals surface area contributed by atoms with Crippen molar-refractivity contribution < 1.29 is 14.3 Å². The molecule has 0 saturated heterocycles. The average molecular weight is 468 g/mol. The van der Waals surface area contributed by atoms with Gasteiger partial charge in [-0.1, -0.05) is 24.3 Å². The summed E-state index contributed by atoms with van der Waals surface area (Å²) < 4.78 is 15.6. The maximum atomic E-state index is 13.0. The molecule has 3 aromatic heterocycles. The molecule has 8 nitrogen and oxygen atoms in total. The summed E-state index contributed by atoms with van der Waals surface area (Å²) >= 11 is 0. The van der Waals surface area contributed by atoms with E-state index >= 15 is 0 Å². The number of hydrogen-bond donors (Lipinski definition) is 1. The maximum absolute atomic E-state index is 13.0. The van der Waals surface area contributed by atoms with E-state index in [1.54, 1.807) is 29.1 Å². The highest BCUT2D eigenvalue weighted by molar-refractivity contribution is 6.06. The highest BCUT2D eigenvalue weighted by atomic mass is 16.5. The fourth-order valence-corrected chi connectivity index (χ4v) is 3.76. The van der Waals surface area contributed by atoms with E-state index in [1.807, 2.05) is 78.4 Å². The number of rotatable bonds is 9. The fraction of sp³-hybridized carbons (Fsp3) is 0.148. The second-order valence-electron chi connectivity index (χ2n) is 8.04. The lowest BCUT2D eigenvalue weighted by atomic mass is 10.2. The molecule has 0 spiro atoms. The van der Waals surface area contributed by atoms with Crippen molar-refractivity contribution in [2.75, 3.05) is 11.9 Å². The van der Waals surface area contributed by atoms with Crippen LogP contribution < -0.4 is 14.8 Å². The van der Waals surface area contributed by atoms with Crippen LogP contribution in [-0.4, -0.2) is 31.7 Å². The van der Waals surface area contributed by atoms with E-state index in [0.717, 1.165) is 16.9 Å². The van der Waals surface area contributed by atoms with Crippen molar-refractivity contribution in [3.63, 3.8) is 0 Å². The first kappa shape index (κ1) is 22.2. The van der Waals surface area contributed by atoms with Gasteiger partial charge in [0.05, 0.1) is 17.8 Å². The number of imidazole rings is 1. The molecule has 0 aliphatic rings. The summed E-state index contributed by atoms with van der Waals surface area (Å²) in [6.45, 7) is 3.38. The molecule has 2 aromatic carbocycles. The molecule has 5 rings (SSSR count).